The Kier molecular flexibility index (Phi) is 2.90. The third-order valence-electron chi connectivity index (χ3n) is 3.99. The van der Waals surface area contributed by atoms with Crippen LogP contribution in [0.3, 0.4) is 0 Å². The second kappa shape index (κ2) is 4.56. The van der Waals surface area contributed by atoms with E-state index < -0.39 is 0 Å². The Labute approximate surface area is 107 Å². The van der Waals surface area contributed by atoms with Crippen molar-refractivity contribution in [2.24, 2.45) is 0 Å². The second-order valence-corrected chi connectivity index (χ2v) is 5.13. The highest BCUT2D eigenvalue weighted by Crippen LogP contribution is 2.36. The van der Waals surface area contributed by atoms with Crippen molar-refractivity contribution in [3.05, 3.63) is 35.4 Å². The summed E-state index contributed by atoms with van der Waals surface area (Å²) in [6, 6.07) is 7.69. The molecule has 3 nitrogen and oxygen atoms in total. The maximum absolute atomic E-state index is 12.1. The largest absolute Gasteiger partial charge is 0.335 e. The molecule has 0 aromatic heterocycles. The van der Waals surface area contributed by atoms with E-state index >= 15 is 0 Å². The quantitative estimate of drug-likeness (QED) is 0.760. The molecule has 0 saturated carbocycles. The first-order valence-electron chi connectivity index (χ1n) is 6.69. The summed E-state index contributed by atoms with van der Waals surface area (Å²) in [6.07, 6.45) is 4.25. The van der Waals surface area contributed by atoms with Crippen molar-refractivity contribution >= 4 is 11.7 Å². The molecule has 94 valence electrons. The standard InChI is InChI=1S/C15H17NO2/c17-14-10-13(11-6-3-4-7-12(11)14)16-9-5-1-2-8-15(16)18/h3-4,6-7,13H,1-2,5,8-10H2. The number of carbonyl (C=O) groups excluding carboxylic acids is 2. The van der Waals surface area contributed by atoms with Gasteiger partial charge in [0.15, 0.2) is 5.78 Å². The lowest BCUT2D eigenvalue weighted by Crippen LogP contribution is -2.33. The van der Waals surface area contributed by atoms with Gasteiger partial charge < -0.3 is 4.90 Å². The molecule has 1 aromatic carbocycles. The molecule has 1 aliphatic heterocycles. The summed E-state index contributed by atoms with van der Waals surface area (Å²) in [7, 11) is 0. The minimum atomic E-state index is -0.0145. The number of ketones is 1. The zero-order valence-electron chi connectivity index (χ0n) is 10.4. The van der Waals surface area contributed by atoms with Gasteiger partial charge in [0.05, 0.1) is 6.04 Å². The molecule has 2 aliphatic rings. The minimum absolute atomic E-state index is 0.0145. The van der Waals surface area contributed by atoms with Crippen molar-refractivity contribution in [2.75, 3.05) is 6.54 Å². The summed E-state index contributed by atoms with van der Waals surface area (Å²) in [6.45, 7) is 0.797. The molecule has 1 saturated heterocycles. The maximum atomic E-state index is 12.1. The first kappa shape index (κ1) is 11.5. The number of amides is 1. The fourth-order valence-corrected chi connectivity index (χ4v) is 3.05. The lowest BCUT2D eigenvalue weighted by molar-refractivity contribution is -0.132. The molecule has 1 amide bonds. The van der Waals surface area contributed by atoms with Crippen molar-refractivity contribution < 1.29 is 9.59 Å². The molecule has 1 atom stereocenters. The van der Waals surface area contributed by atoms with Gasteiger partial charge in [0, 0.05) is 24.9 Å². The third-order valence-corrected chi connectivity index (χ3v) is 3.99. The highest BCUT2D eigenvalue weighted by molar-refractivity contribution is 6.01. The first-order chi connectivity index (χ1) is 8.77. The molecule has 0 N–H and O–H groups in total. The molecule has 1 aromatic rings. The molecule has 18 heavy (non-hydrogen) atoms. The van der Waals surface area contributed by atoms with Crippen LogP contribution in [-0.4, -0.2) is 23.1 Å². The lowest BCUT2D eigenvalue weighted by Gasteiger charge is -2.28. The van der Waals surface area contributed by atoms with E-state index in [0.717, 1.165) is 36.9 Å². The van der Waals surface area contributed by atoms with Crippen LogP contribution in [0.4, 0.5) is 0 Å². The molecule has 3 rings (SSSR count). The Balaban J connectivity index is 1.93. The number of rotatable bonds is 1. The lowest BCUT2D eigenvalue weighted by atomic mass is 10.1. The van der Waals surface area contributed by atoms with E-state index in [1.807, 2.05) is 29.2 Å². The number of fused-ring (bicyclic) bond motifs is 1. The number of carbonyl (C=O) groups is 2. The van der Waals surface area contributed by atoms with Crippen molar-refractivity contribution in [1.29, 1.82) is 0 Å². The van der Waals surface area contributed by atoms with Gasteiger partial charge >= 0.3 is 0 Å². The topological polar surface area (TPSA) is 37.4 Å². The van der Waals surface area contributed by atoms with E-state index in [2.05, 4.69) is 0 Å². The number of hydrogen-bond acceptors (Lipinski definition) is 2. The first-order valence-corrected chi connectivity index (χ1v) is 6.69. The Bertz CT molecular complexity index is 495. The average Bonchev–Trinajstić information content (AvgIpc) is 2.57. The number of nitrogens with zero attached hydrogens (tertiary/aromatic N) is 1. The van der Waals surface area contributed by atoms with Crippen LogP contribution in [0.5, 0.6) is 0 Å². The van der Waals surface area contributed by atoms with E-state index in [9.17, 15) is 9.59 Å². The highest BCUT2D eigenvalue weighted by atomic mass is 16.2. The minimum Gasteiger partial charge on any atom is -0.335 e. The molecule has 0 bridgehead atoms. The van der Waals surface area contributed by atoms with Crippen molar-refractivity contribution in [3.8, 4) is 0 Å². The zero-order chi connectivity index (χ0) is 12.5. The Morgan fingerprint density at radius 1 is 1.06 bits per heavy atom. The average molecular weight is 243 g/mol. The summed E-state index contributed by atoms with van der Waals surface area (Å²) < 4.78 is 0. The smallest absolute Gasteiger partial charge is 0.223 e. The van der Waals surface area contributed by atoms with Crippen LogP contribution in [0.15, 0.2) is 24.3 Å². The Morgan fingerprint density at radius 2 is 1.89 bits per heavy atom. The molecular formula is C15H17NO2. The van der Waals surface area contributed by atoms with Gasteiger partial charge in [-0.25, -0.2) is 0 Å². The van der Waals surface area contributed by atoms with Gasteiger partial charge in [0.25, 0.3) is 0 Å². The number of likely N-dealkylation sites (tertiary alicyclic amines) is 1. The number of benzene rings is 1. The van der Waals surface area contributed by atoms with Crippen LogP contribution in [0, 0.1) is 0 Å². The van der Waals surface area contributed by atoms with E-state index in [0.29, 0.717) is 12.8 Å². The van der Waals surface area contributed by atoms with Crippen LogP contribution in [0.1, 0.15) is 54.1 Å². The van der Waals surface area contributed by atoms with Gasteiger partial charge in [0.2, 0.25) is 5.91 Å². The third kappa shape index (κ3) is 1.84. The summed E-state index contributed by atoms with van der Waals surface area (Å²) >= 11 is 0. The molecule has 0 radical (unpaired) electrons. The number of hydrogen-bond donors (Lipinski definition) is 0. The molecule has 1 unspecified atom stereocenters. The van der Waals surface area contributed by atoms with E-state index in [1.165, 1.54) is 0 Å². The number of Topliss-reactive ketones (excluding diaryl/α,β-unsaturated/α-hetero) is 1. The van der Waals surface area contributed by atoms with Crippen molar-refractivity contribution in [1.82, 2.24) is 4.90 Å². The van der Waals surface area contributed by atoms with Crippen LogP contribution < -0.4 is 0 Å². The monoisotopic (exact) mass is 243 g/mol. The Hall–Kier alpha value is -1.64. The molecule has 1 aliphatic carbocycles. The second-order valence-electron chi connectivity index (χ2n) is 5.13. The fourth-order valence-electron chi connectivity index (χ4n) is 3.05. The van der Waals surface area contributed by atoms with Gasteiger partial charge in [-0.2, -0.15) is 0 Å². The summed E-state index contributed by atoms with van der Waals surface area (Å²) in [4.78, 5) is 26.0. The van der Waals surface area contributed by atoms with Gasteiger partial charge in [-0.05, 0) is 18.4 Å². The van der Waals surface area contributed by atoms with Gasteiger partial charge in [-0.1, -0.05) is 30.7 Å². The van der Waals surface area contributed by atoms with E-state index in [-0.39, 0.29) is 17.7 Å². The normalized spacial score (nSPS) is 24.0. The predicted octanol–water partition coefficient (Wildman–Crippen LogP) is 2.72. The zero-order valence-corrected chi connectivity index (χ0v) is 10.4. The predicted molar refractivity (Wildman–Crippen MR) is 68.3 cm³/mol. The van der Waals surface area contributed by atoms with Crippen LogP contribution >= 0.6 is 0 Å². The molecule has 3 heteroatoms. The highest BCUT2D eigenvalue weighted by Gasteiger charge is 2.35. The summed E-state index contributed by atoms with van der Waals surface area (Å²) in [5, 5.41) is 0. The van der Waals surface area contributed by atoms with Gasteiger partial charge in [0.1, 0.15) is 0 Å². The Morgan fingerprint density at radius 3 is 2.78 bits per heavy atom. The SMILES string of the molecule is O=C1CC(N2CCCCCC2=O)c2ccccc21. The molecule has 1 heterocycles. The maximum Gasteiger partial charge on any atom is 0.223 e. The summed E-state index contributed by atoms with van der Waals surface area (Å²) in [5.74, 6) is 0.384. The van der Waals surface area contributed by atoms with Crippen LogP contribution in [0.25, 0.3) is 0 Å². The van der Waals surface area contributed by atoms with Crippen LogP contribution in [0.2, 0.25) is 0 Å². The van der Waals surface area contributed by atoms with Crippen molar-refractivity contribution in [2.45, 2.75) is 38.1 Å². The van der Waals surface area contributed by atoms with Gasteiger partial charge in [-0.15, -0.1) is 0 Å². The van der Waals surface area contributed by atoms with Crippen LogP contribution in [-0.2, 0) is 4.79 Å². The molecular weight excluding hydrogens is 226 g/mol. The van der Waals surface area contributed by atoms with E-state index in [1.54, 1.807) is 0 Å². The van der Waals surface area contributed by atoms with E-state index in [4.69, 9.17) is 0 Å². The van der Waals surface area contributed by atoms with Crippen molar-refractivity contribution in [3.63, 3.8) is 0 Å². The fraction of sp³-hybridized carbons (Fsp3) is 0.467. The molecule has 0 spiro atoms. The summed E-state index contributed by atoms with van der Waals surface area (Å²) in [5.41, 5.74) is 1.84. The van der Waals surface area contributed by atoms with Gasteiger partial charge in [-0.3, -0.25) is 9.59 Å². The molecule has 1 fully saturated rings.